The maximum absolute atomic E-state index is 13.6. The smallest absolute Gasteiger partial charge is 0.279 e. The standard InChI is InChI=1S/C22H18N2O4S2/c25-19-11-6-9-17(19)22(30(26,27)16-7-2-1-3-8-16)13-15(14-23-22)28-21-24-18-10-4-5-12-20(18)29-21/h1-5,7-8,10,12-14,17H,6,9,11H2. The average Bonchev–Trinajstić information content (AvgIpc) is 3.47. The Morgan fingerprint density at radius 2 is 1.83 bits per heavy atom. The van der Waals surface area contributed by atoms with Crippen LogP contribution in [0.3, 0.4) is 0 Å². The number of para-hydroxylation sites is 1. The lowest BCUT2D eigenvalue weighted by molar-refractivity contribution is -0.121. The molecular formula is C22H18N2O4S2. The molecule has 2 heterocycles. The summed E-state index contributed by atoms with van der Waals surface area (Å²) < 4.78 is 34.2. The third kappa shape index (κ3) is 2.98. The predicted octanol–water partition coefficient (Wildman–Crippen LogP) is 4.18. The van der Waals surface area contributed by atoms with Gasteiger partial charge in [-0.3, -0.25) is 9.79 Å². The molecule has 1 aliphatic carbocycles. The molecule has 0 bridgehead atoms. The van der Waals surface area contributed by atoms with Gasteiger partial charge in [0.1, 0.15) is 11.5 Å². The summed E-state index contributed by atoms with van der Waals surface area (Å²) in [5.74, 6) is -0.521. The molecule has 0 amide bonds. The van der Waals surface area contributed by atoms with E-state index in [2.05, 4.69) is 9.98 Å². The van der Waals surface area contributed by atoms with Gasteiger partial charge >= 0.3 is 0 Å². The average molecular weight is 439 g/mol. The second-order valence-electron chi connectivity index (χ2n) is 7.33. The van der Waals surface area contributed by atoms with Gasteiger partial charge in [0.05, 0.1) is 27.2 Å². The molecule has 30 heavy (non-hydrogen) atoms. The number of sulfone groups is 1. The van der Waals surface area contributed by atoms with Gasteiger partial charge in [-0.25, -0.2) is 13.4 Å². The first-order valence-electron chi connectivity index (χ1n) is 9.63. The number of carbonyl (C=O) groups excluding carboxylic acids is 1. The summed E-state index contributed by atoms with van der Waals surface area (Å²) >= 11 is 1.37. The molecule has 0 saturated heterocycles. The molecule has 8 heteroatoms. The van der Waals surface area contributed by atoms with E-state index in [-0.39, 0.29) is 16.4 Å². The third-order valence-corrected chi connectivity index (χ3v) is 8.69. The van der Waals surface area contributed by atoms with Crippen LogP contribution < -0.4 is 4.74 Å². The Balaban J connectivity index is 1.57. The molecule has 1 fully saturated rings. The highest BCUT2D eigenvalue weighted by atomic mass is 32.2. The van der Waals surface area contributed by atoms with Gasteiger partial charge in [0.15, 0.2) is 4.87 Å². The first-order valence-corrected chi connectivity index (χ1v) is 11.9. The Bertz CT molecular complexity index is 1260. The van der Waals surface area contributed by atoms with Crippen molar-refractivity contribution in [2.24, 2.45) is 10.9 Å². The van der Waals surface area contributed by atoms with E-state index >= 15 is 0 Å². The number of hydrogen-bond acceptors (Lipinski definition) is 7. The largest absolute Gasteiger partial charge is 0.429 e. The molecule has 3 aromatic rings. The molecule has 0 spiro atoms. The molecule has 2 aliphatic rings. The lowest BCUT2D eigenvalue weighted by Gasteiger charge is -2.29. The zero-order valence-electron chi connectivity index (χ0n) is 15.9. The Morgan fingerprint density at radius 1 is 1.07 bits per heavy atom. The summed E-state index contributed by atoms with van der Waals surface area (Å²) in [6.45, 7) is 0. The highest BCUT2D eigenvalue weighted by Crippen LogP contribution is 2.45. The number of thiazole rings is 1. The maximum atomic E-state index is 13.6. The fraction of sp³-hybridized carbons (Fsp3) is 0.227. The van der Waals surface area contributed by atoms with Crippen LogP contribution in [0.5, 0.6) is 5.19 Å². The SMILES string of the molecule is O=C1CCCC1C1(S(=O)(=O)c2ccccc2)C=C(Oc2nc3ccccc3s2)C=N1. The van der Waals surface area contributed by atoms with Crippen molar-refractivity contribution >= 4 is 43.4 Å². The van der Waals surface area contributed by atoms with Gasteiger partial charge < -0.3 is 4.74 Å². The fourth-order valence-corrected chi connectivity index (χ4v) is 6.88. The van der Waals surface area contributed by atoms with E-state index < -0.39 is 20.6 Å². The molecule has 2 unspecified atom stereocenters. The minimum absolute atomic E-state index is 0.0795. The number of hydrogen-bond donors (Lipinski definition) is 0. The van der Waals surface area contributed by atoms with Gasteiger partial charge in [-0.05, 0) is 37.1 Å². The van der Waals surface area contributed by atoms with Crippen LogP contribution in [0.4, 0.5) is 0 Å². The van der Waals surface area contributed by atoms with Crippen molar-refractivity contribution < 1.29 is 17.9 Å². The van der Waals surface area contributed by atoms with Crippen molar-refractivity contribution in [2.75, 3.05) is 0 Å². The molecule has 2 atom stereocenters. The van der Waals surface area contributed by atoms with Crippen molar-refractivity contribution in [1.29, 1.82) is 0 Å². The number of nitrogens with zero attached hydrogens (tertiary/aromatic N) is 2. The number of aliphatic imine (C=N–C) groups is 1. The fourth-order valence-electron chi connectivity index (χ4n) is 4.06. The topological polar surface area (TPSA) is 85.7 Å². The van der Waals surface area contributed by atoms with Crippen LogP contribution in [0, 0.1) is 5.92 Å². The zero-order valence-corrected chi connectivity index (χ0v) is 17.5. The van der Waals surface area contributed by atoms with Crippen molar-refractivity contribution in [3.63, 3.8) is 0 Å². The predicted molar refractivity (Wildman–Crippen MR) is 116 cm³/mol. The Hall–Kier alpha value is -2.84. The normalized spacial score (nSPS) is 23.8. The Morgan fingerprint density at radius 3 is 2.57 bits per heavy atom. The van der Waals surface area contributed by atoms with Crippen LogP contribution in [0.15, 0.2) is 76.3 Å². The van der Waals surface area contributed by atoms with E-state index in [1.165, 1.54) is 35.8 Å². The number of ketones is 1. The number of fused-ring (bicyclic) bond motifs is 1. The van der Waals surface area contributed by atoms with Crippen LogP contribution in [0.25, 0.3) is 10.2 Å². The number of allylic oxidation sites excluding steroid dienone is 1. The number of carbonyl (C=O) groups is 1. The molecule has 2 aromatic carbocycles. The Labute approximate surface area is 177 Å². The van der Waals surface area contributed by atoms with Gasteiger partial charge in [-0.1, -0.05) is 41.7 Å². The van der Waals surface area contributed by atoms with Gasteiger partial charge in [0, 0.05) is 12.5 Å². The van der Waals surface area contributed by atoms with Crippen molar-refractivity contribution in [3.8, 4) is 5.19 Å². The number of benzene rings is 2. The van der Waals surface area contributed by atoms with Crippen molar-refractivity contribution in [1.82, 2.24) is 4.98 Å². The summed E-state index contributed by atoms with van der Waals surface area (Å²) in [6.07, 6.45) is 4.39. The number of rotatable bonds is 5. The molecule has 1 aromatic heterocycles. The molecule has 5 rings (SSSR count). The van der Waals surface area contributed by atoms with Crippen LogP contribution in [0.2, 0.25) is 0 Å². The van der Waals surface area contributed by atoms with Gasteiger partial charge in [0.25, 0.3) is 5.19 Å². The maximum Gasteiger partial charge on any atom is 0.279 e. The third-order valence-electron chi connectivity index (χ3n) is 5.51. The first-order chi connectivity index (χ1) is 14.5. The lowest BCUT2D eigenvalue weighted by atomic mass is 9.97. The lowest BCUT2D eigenvalue weighted by Crippen LogP contribution is -2.43. The number of aromatic nitrogens is 1. The molecule has 6 nitrogen and oxygen atoms in total. The van der Waals surface area contributed by atoms with Crippen molar-refractivity contribution in [2.45, 2.75) is 29.0 Å². The summed E-state index contributed by atoms with van der Waals surface area (Å²) in [5.41, 5.74) is 0.808. The minimum atomic E-state index is -3.96. The summed E-state index contributed by atoms with van der Waals surface area (Å²) in [7, 11) is -3.96. The molecule has 0 N–H and O–H groups in total. The molecule has 0 radical (unpaired) electrons. The van der Waals surface area contributed by atoms with E-state index in [9.17, 15) is 13.2 Å². The second-order valence-corrected chi connectivity index (χ2v) is 10.5. The van der Waals surface area contributed by atoms with E-state index in [0.29, 0.717) is 24.5 Å². The first kappa shape index (κ1) is 19.1. The van der Waals surface area contributed by atoms with Gasteiger partial charge in [-0.2, -0.15) is 0 Å². The van der Waals surface area contributed by atoms with E-state index in [1.807, 2.05) is 24.3 Å². The van der Waals surface area contributed by atoms with Gasteiger partial charge in [0.2, 0.25) is 9.84 Å². The van der Waals surface area contributed by atoms with E-state index in [4.69, 9.17) is 4.74 Å². The van der Waals surface area contributed by atoms with Crippen LogP contribution in [0.1, 0.15) is 19.3 Å². The van der Waals surface area contributed by atoms with Crippen molar-refractivity contribution in [3.05, 3.63) is 66.4 Å². The number of Topliss-reactive ketones (excluding diaryl/α,β-unsaturated/α-hetero) is 1. The highest BCUT2D eigenvalue weighted by molar-refractivity contribution is 7.93. The second kappa shape index (κ2) is 7.14. The molecule has 1 aliphatic heterocycles. The molecule has 152 valence electrons. The zero-order chi connectivity index (χ0) is 20.8. The molecule has 1 saturated carbocycles. The van der Waals surface area contributed by atoms with E-state index in [1.54, 1.807) is 18.2 Å². The Kier molecular flexibility index (Phi) is 4.56. The summed E-state index contributed by atoms with van der Waals surface area (Å²) in [6, 6.07) is 15.8. The van der Waals surface area contributed by atoms with Gasteiger partial charge in [-0.15, -0.1) is 0 Å². The summed E-state index contributed by atoms with van der Waals surface area (Å²) in [4.78, 5) is 19.9. The van der Waals surface area contributed by atoms with Crippen LogP contribution >= 0.6 is 11.3 Å². The van der Waals surface area contributed by atoms with Crippen LogP contribution in [-0.4, -0.2) is 30.3 Å². The van der Waals surface area contributed by atoms with Crippen LogP contribution in [-0.2, 0) is 14.6 Å². The highest BCUT2D eigenvalue weighted by Gasteiger charge is 2.55. The quantitative estimate of drug-likeness (QED) is 0.596. The minimum Gasteiger partial charge on any atom is -0.429 e. The molecular weight excluding hydrogens is 420 g/mol. The number of ether oxygens (including phenoxy) is 1. The summed E-state index contributed by atoms with van der Waals surface area (Å²) in [5, 5.41) is 0.402. The monoisotopic (exact) mass is 438 g/mol. The van der Waals surface area contributed by atoms with E-state index in [0.717, 1.165) is 10.2 Å².